The third kappa shape index (κ3) is 4.71. The second-order valence-corrected chi connectivity index (χ2v) is 4.80. The first-order valence-electron chi connectivity index (χ1n) is 5.92. The predicted octanol–water partition coefficient (Wildman–Crippen LogP) is -0.398. The van der Waals surface area contributed by atoms with Gasteiger partial charge in [0.25, 0.3) is 0 Å². The Morgan fingerprint density at radius 2 is 1.95 bits per heavy atom. The van der Waals surface area contributed by atoms with Gasteiger partial charge in [-0.25, -0.2) is 0 Å². The van der Waals surface area contributed by atoms with Gasteiger partial charge in [-0.1, -0.05) is 0 Å². The first-order valence-corrected chi connectivity index (χ1v) is 5.92. The van der Waals surface area contributed by atoms with E-state index in [4.69, 9.17) is 0 Å². The average molecular weight is 295 g/mol. The van der Waals surface area contributed by atoms with Crippen LogP contribution in [0, 0.1) is 5.92 Å². The second-order valence-electron chi connectivity index (χ2n) is 4.80. The number of rotatable bonds is 4. The molecule has 114 valence electrons. The normalized spacial score (nSPS) is 18.6. The molecular formula is C11H16F3N3O3. The number of likely N-dealkylation sites (N-methyl/N-ethyl adjacent to an activating group) is 1. The number of hydrogen-bond acceptors (Lipinski definition) is 3. The van der Waals surface area contributed by atoms with Crippen LogP contribution in [-0.2, 0) is 14.4 Å². The van der Waals surface area contributed by atoms with Crippen LogP contribution < -0.4 is 5.32 Å². The fourth-order valence-corrected chi connectivity index (χ4v) is 1.77. The lowest BCUT2D eigenvalue weighted by Gasteiger charge is -2.26. The molecule has 1 heterocycles. The molecule has 1 aliphatic rings. The minimum absolute atomic E-state index is 0.00216. The number of amides is 3. The van der Waals surface area contributed by atoms with Gasteiger partial charge in [0.05, 0.1) is 5.92 Å². The summed E-state index contributed by atoms with van der Waals surface area (Å²) in [5.74, 6) is -2.68. The van der Waals surface area contributed by atoms with Crippen molar-refractivity contribution < 1.29 is 27.6 Å². The summed E-state index contributed by atoms with van der Waals surface area (Å²) >= 11 is 0. The summed E-state index contributed by atoms with van der Waals surface area (Å²) in [6.45, 7) is -2.16. The molecule has 0 aromatic carbocycles. The van der Waals surface area contributed by atoms with Crippen molar-refractivity contribution in [3.05, 3.63) is 0 Å². The van der Waals surface area contributed by atoms with Crippen molar-refractivity contribution in [3.8, 4) is 0 Å². The highest BCUT2D eigenvalue weighted by Gasteiger charge is 2.38. The topological polar surface area (TPSA) is 69.7 Å². The van der Waals surface area contributed by atoms with Gasteiger partial charge in [0.1, 0.15) is 13.1 Å². The Kier molecular flexibility index (Phi) is 4.96. The zero-order valence-electron chi connectivity index (χ0n) is 11.2. The maximum Gasteiger partial charge on any atom is 0.406 e. The molecule has 0 bridgehead atoms. The molecule has 0 aromatic heterocycles. The predicted molar refractivity (Wildman–Crippen MR) is 62.4 cm³/mol. The monoisotopic (exact) mass is 295 g/mol. The number of nitrogens with zero attached hydrogens (tertiary/aromatic N) is 2. The standard InChI is InChI=1S/C11H16F3N3O3/c1-16(2)9(19)5-17(6-11(12,13)14)10(20)7-3-8(18)15-4-7/h7H,3-6H2,1-2H3,(H,15,18). The van der Waals surface area contributed by atoms with Gasteiger partial charge in [-0.05, 0) is 0 Å². The van der Waals surface area contributed by atoms with E-state index < -0.39 is 37.0 Å². The summed E-state index contributed by atoms with van der Waals surface area (Å²) in [4.78, 5) is 36.1. The lowest BCUT2D eigenvalue weighted by molar-refractivity contribution is -0.166. The van der Waals surface area contributed by atoms with Crippen LogP contribution >= 0.6 is 0 Å². The Morgan fingerprint density at radius 3 is 2.35 bits per heavy atom. The van der Waals surface area contributed by atoms with Crippen LogP contribution in [0.2, 0.25) is 0 Å². The molecule has 1 unspecified atom stereocenters. The van der Waals surface area contributed by atoms with Gasteiger partial charge in [0.15, 0.2) is 0 Å². The van der Waals surface area contributed by atoms with Crippen molar-refractivity contribution >= 4 is 17.7 Å². The molecule has 1 rings (SSSR count). The first kappa shape index (κ1) is 16.3. The van der Waals surface area contributed by atoms with Gasteiger partial charge in [0, 0.05) is 27.1 Å². The van der Waals surface area contributed by atoms with Gasteiger partial charge in [-0.15, -0.1) is 0 Å². The molecule has 0 spiro atoms. The molecule has 0 aliphatic carbocycles. The largest absolute Gasteiger partial charge is 0.406 e. The average Bonchev–Trinajstić information content (AvgIpc) is 2.72. The third-order valence-corrected chi connectivity index (χ3v) is 2.83. The highest BCUT2D eigenvalue weighted by atomic mass is 19.4. The lowest BCUT2D eigenvalue weighted by Crippen LogP contribution is -2.47. The van der Waals surface area contributed by atoms with Crippen LogP contribution in [0.3, 0.4) is 0 Å². The van der Waals surface area contributed by atoms with Crippen molar-refractivity contribution in [1.29, 1.82) is 0 Å². The van der Waals surface area contributed by atoms with Crippen LogP contribution in [-0.4, -0.2) is 67.4 Å². The van der Waals surface area contributed by atoms with E-state index in [1.807, 2.05) is 0 Å². The van der Waals surface area contributed by atoms with Crippen LogP contribution in [0.4, 0.5) is 13.2 Å². The van der Waals surface area contributed by atoms with Crippen LogP contribution in [0.5, 0.6) is 0 Å². The van der Waals surface area contributed by atoms with Gasteiger partial charge in [-0.2, -0.15) is 13.2 Å². The number of hydrogen-bond donors (Lipinski definition) is 1. The van der Waals surface area contributed by atoms with E-state index in [0.29, 0.717) is 4.90 Å². The van der Waals surface area contributed by atoms with E-state index in [9.17, 15) is 27.6 Å². The Balaban J connectivity index is 2.78. The fraction of sp³-hybridized carbons (Fsp3) is 0.727. The van der Waals surface area contributed by atoms with E-state index in [1.165, 1.54) is 14.1 Å². The van der Waals surface area contributed by atoms with E-state index in [0.717, 1.165) is 4.90 Å². The van der Waals surface area contributed by atoms with Gasteiger partial charge < -0.3 is 15.1 Å². The Hall–Kier alpha value is -1.80. The maximum absolute atomic E-state index is 12.5. The van der Waals surface area contributed by atoms with Crippen LogP contribution in [0.25, 0.3) is 0 Å². The fourth-order valence-electron chi connectivity index (χ4n) is 1.77. The maximum atomic E-state index is 12.5. The molecule has 6 nitrogen and oxygen atoms in total. The minimum atomic E-state index is -4.60. The van der Waals surface area contributed by atoms with Gasteiger partial charge in [0.2, 0.25) is 17.7 Å². The highest BCUT2D eigenvalue weighted by Crippen LogP contribution is 2.20. The van der Waals surface area contributed by atoms with Crippen molar-refractivity contribution in [3.63, 3.8) is 0 Å². The van der Waals surface area contributed by atoms with Crippen LogP contribution in [0.15, 0.2) is 0 Å². The number of carbonyl (C=O) groups excluding carboxylic acids is 3. The van der Waals surface area contributed by atoms with Gasteiger partial charge >= 0.3 is 6.18 Å². The lowest BCUT2D eigenvalue weighted by atomic mass is 10.1. The summed E-state index contributed by atoms with van der Waals surface area (Å²) in [5, 5.41) is 2.38. The molecule has 1 N–H and O–H groups in total. The molecular weight excluding hydrogens is 279 g/mol. The number of carbonyl (C=O) groups is 3. The molecule has 0 aromatic rings. The SMILES string of the molecule is CN(C)C(=O)CN(CC(F)(F)F)C(=O)C1CNC(=O)C1. The second kappa shape index (κ2) is 6.10. The Bertz CT molecular complexity index is 409. The zero-order chi connectivity index (χ0) is 15.5. The quantitative estimate of drug-likeness (QED) is 0.767. The van der Waals surface area contributed by atoms with Crippen molar-refractivity contribution in [2.45, 2.75) is 12.6 Å². The van der Waals surface area contributed by atoms with E-state index in [2.05, 4.69) is 5.32 Å². The molecule has 1 saturated heterocycles. The molecule has 0 radical (unpaired) electrons. The third-order valence-electron chi connectivity index (χ3n) is 2.83. The Labute approximate surface area is 113 Å². The number of nitrogens with one attached hydrogen (secondary N) is 1. The molecule has 3 amide bonds. The minimum Gasteiger partial charge on any atom is -0.355 e. The molecule has 0 saturated carbocycles. The summed E-state index contributed by atoms with van der Waals surface area (Å²) < 4.78 is 37.4. The smallest absolute Gasteiger partial charge is 0.355 e. The molecule has 1 atom stereocenters. The zero-order valence-corrected chi connectivity index (χ0v) is 11.2. The van der Waals surface area contributed by atoms with E-state index in [-0.39, 0.29) is 18.9 Å². The first-order chi connectivity index (χ1) is 9.10. The summed E-state index contributed by atoms with van der Waals surface area (Å²) in [6, 6.07) is 0. The van der Waals surface area contributed by atoms with Crippen LogP contribution in [0.1, 0.15) is 6.42 Å². The Morgan fingerprint density at radius 1 is 1.35 bits per heavy atom. The summed E-state index contributed by atoms with van der Waals surface area (Å²) in [6.07, 6.45) is -4.75. The van der Waals surface area contributed by atoms with E-state index >= 15 is 0 Å². The van der Waals surface area contributed by atoms with Gasteiger partial charge in [-0.3, -0.25) is 14.4 Å². The van der Waals surface area contributed by atoms with E-state index in [1.54, 1.807) is 0 Å². The number of halogens is 3. The molecule has 20 heavy (non-hydrogen) atoms. The van der Waals surface area contributed by atoms with Crippen molar-refractivity contribution in [1.82, 2.24) is 15.1 Å². The summed E-state index contributed by atoms with van der Waals surface area (Å²) in [5.41, 5.74) is 0. The highest BCUT2D eigenvalue weighted by molar-refractivity contribution is 5.91. The molecule has 9 heteroatoms. The molecule has 1 aliphatic heterocycles. The van der Waals surface area contributed by atoms with Crippen molar-refractivity contribution in [2.75, 3.05) is 33.7 Å². The van der Waals surface area contributed by atoms with Crippen molar-refractivity contribution in [2.24, 2.45) is 5.92 Å². The number of alkyl halides is 3. The summed E-state index contributed by atoms with van der Waals surface area (Å²) in [7, 11) is 2.78. The molecule has 1 fully saturated rings.